The fraction of sp³-hybridized carbons (Fsp3) is 0.500. The Hall–Kier alpha value is -2.68. The average Bonchev–Trinajstić information content (AvgIpc) is 3.12. The minimum atomic E-state index is -3.27. The molecule has 4 rings (SSSR count). The minimum Gasteiger partial charge on any atom is -0.353 e. The van der Waals surface area contributed by atoms with Gasteiger partial charge < -0.3 is 9.80 Å². The Morgan fingerprint density at radius 3 is 2.35 bits per heavy atom. The van der Waals surface area contributed by atoms with Crippen LogP contribution in [-0.2, 0) is 16.4 Å². The van der Waals surface area contributed by atoms with Gasteiger partial charge in [-0.1, -0.05) is 20.4 Å². The third-order valence-electron chi connectivity index (χ3n) is 5.73. The molecule has 2 aliphatic rings. The highest BCUT2D eigenvalue weighted by molar-refractivity contribution is 7.93. The Morgan fingerprint density at radius 2 is 1.81 bits per heavy atom. The van der Waals surface area contributed by atoms with Crippen molar-refractivity contribution < 1.29 is 13.2 Å². The van der Waals surface area contributed by atoms with Gasteiger partial charge in [-0.05, 0) is 43.0 Å². The van der Waals surface area contributed by atoms with E-state index in [1.807, 2.05) is 11.1 Å². The summed E-state index contributed by atoms with van der Waals surface area (Å²) < 4.78 is 25.4. The van der Waals surface area contributed by atoms with Crippen LogP contribution in [0.3, 0.4) is 0 Å². The summed E-state index contributed by atoms with van der Waals surface area (Å²) in [6.07, 6.45) is 4.97. The first kappa shape index (κ1) is 23.0. The predicted octanol–water partition coefficient (Wildman–Crippen LogP) is 2.49. The molecule has 0 spiro atoms. The number of pyridine rings is 2. The predicted molar refractivity (Wildman–Crippen MR) is 123 cm³/mol. The molecule has 0 atom stereocenters. The lowest BCUT2D eigenvalue weighted by molar-refractivity contribution is 0.0746. The highest BCUT2D eigenvalue weighted by Gasteiger charge is 2.30. The van der Waals surface area contributed by atoms with Gasteiger partial charge >= 0.3 is 0 Å². The third-order valence-corrected chi connectivity index (χ3v) is 7.58. The first-order chi connectivity index (χ1) is 14.4. The van der Waals surface area contributed by atoms with Crippen molar-refractivity contribution in [3.05, 3.63) is 47.3 Å². The summed E-state index contributed by atoms with van der Waals surface area (Å²) in [6.45, 7) is 7.30. The molecule has 0 aliphatic carbocycles. The Balaban J connectivity index is 0.00000272. The van der Waals surface area contributed by atoms with E-state index >= 15 is 0 Å². The minimum absolute atomic E-state index is 0. The Kier molecular flexibility index (Phi) is 6.83. The molecule has 2 aliphatic heterocycles. The van der Waals surface area contributed by atoms with Crippen molar-refractivity contribution in [1.29, 1.82) is 0 Å². The lowest BCUT2D eigenvalue weighted by Gasteiger charge is -2.36. The molecule has 0 N–H and O–H groups in total. The molecule has 4 heterocycles. The van der Waals surface area contributed by atoms with Gasteiger partial charge in [0.2, 0.25) is 10.0 Å². The molecule has 0 bridgehead atoms. The van der Waals surface area contributed by atoms with Gasteiger partial charge in [0.05, 0.1) is 11.3 Å². The van der Waals surface area contributed by atoms with E-state index in [2.05, 4.69) is 34.8 Å². The van der Waals surface area contributed by atoms with E-state index in [9.17, 15) is 13.2 Å². The number of carbonyl (C=O) groups excluding carboxylic acids is 1. The van der Waals surface area contributed by atoms with E-state index in [0.29, 0.717) is 37.4 Å². The maximum Gasteiger partial charge on any atom is 0.255 e. The van der Waals surface area contributed by atoms with Crippen LogP contribution >= 0.6 is 0 Å². The maximum absolute atomic E-state index is 12.9. The number of anilines is 2. The molecule has 0 unspecified atom stereocenters. The number of sulfonamides is 1. The summed E-state index contributed by atoms with van der Waals surface area (Å²) in [5.74, 6) is 1.43. The number of amides is 1. The second-order valence-corrected chi connectivity index (χ2v) is 9.78. The molecule has 31 heavy (non-hydrogen) atoms. The van der Waals surface area contributed by atoms with Crippen molar-refractivity contribution in [2.45, 2.75) is 34.1 Å². The van der Waals surface area contributed by atoms with E-state index in [0.717, 1.165) is 30.9 Å². The first-order valence-electron chi connectivity index (χ1n) is 10.4. The van der Waals surface area contributed by atoms with Crippen molar-refractivity contribution in [2.24, 2.45) is 0 Å². The van der Waals surface area contributed by atoms with Gasteiger partial charge in [0.1, 0.15) is 11.6 Å². The van der Waals surface area contributed by atoms with Crippen LogP contribution in [0.4, 0.5) is 11.6 Å². The van der Waals surface area contributed by atoms with Crippen LogP contribution in [0.2, 0.25) is 0 Å². The van der Waals surface area contributed by atoms with Crippen LogP contribution < -0.4 is 9.21 Å². The zero-order valence-electron chi connectivity index (χ0n) is 17.4. The molecular weight excluding hydrogens is 414 g/mol. The van der Waals surface area contributed by atoms with Crippen LogP contribution in [0.25, 0.3) is 0 Å². The smallest absolute Gasteiger partial charge is 0.255 e. The molecule has 0 saturated carbocycles. The number of aryl methyl sites for hydroxylation is 2. The largest absolute Gasteiger partial charge is 0.353 e. The Morgan fingerprint density at radius 1 is 1.06 bits per heavy atom. The van der Waals surface area contributed by atoms with E-state index < -0.39 is 10.0 Å². The summed E-state index contributed by atoms with van der Waals surface area (Å²) >= 11 is 0. The standard InChI is InChI=1S/C21H27N5O3S.CH4/c1-3-17-13-16(2)20(23-14-17)24-8-10-25(11-9-24)21(27)18-5-6-19(22-15-18)26-7-4-12-30(26,28)29;/h5-6,13-15H,3-4,7-12H2,1-2H3;1H4. The van der Waals surface area contributed by atoms with E-state index in [1.165, 1.54) is 16.1 Å². The molecule has 2 saturated heterocycles. The van der Waals surface area contributed by atoms with Gasteiger partial charge in [-0.3, -0.25) is 9.10 Å². The summed E-state index contributed by atoms with van der Waals surface area (Å²) in [5, 5.41) is 0. The number of aromatic nitrogens is 2. The summed E-state index contributed by atoms with van der Waals surface area (Å²) in [7, 11) is -3.27. The lowest BCUT2D eigenvalue weighted by Crippen LogP contribution is -2.49. The second kappa shape index (κ2) is 9.21. The van der Waals surface area contributed by atoms with Gasteiger partial charge in [-0.15, -0.1) is 0 Å². The van der Waals surface area contributed by atoms with Crippen LogP contribution in [0.1, 0.15) is 42.3 Å². The fourth-order valence-corrected chi connectivity index (χ4v) is 5.53. The maximum atomic E-state index is 12.9. The zero-order valence-corrected chi connectivity index (χ0v) is 18.2. The van der Waals surface area contributed by atoms with Crippen molar-refractivity contribution in [1.82, 2.24) is 14.9 Å². The molecule has 0 aromatic carbocycles. The molecule has 9 heteroatoms. The van der Waals surface area contributed by atoms with Crippen molar-refractivity contribution >= 4 is 27.6 Å². The number of piperazine rings is 1. The molecule has 2 fully saturated rings. The van der Waals surface area contributed by atoms with Crippen LogP contribution in [-0.4, -0.2) is 67.7 Å². The SMILES string of the molecule is C.CCc1cnc(N2CCN(C(=O)c3ccc(N4CCCS4(=O)=O)nc3)CC2)c(C)c1. The monoisotopic (exact) mass is 445 g/mol. The average molecular weight is 446 g/mol. The Labute approximate surface area is 185 Å². The first-order valence-corrected chi connectivity index (χ1v) is 12.0. The molecule has 2 aromatic rings. The molecule has 168 valence electrons. The van der Waals surface area contributed by atoms with Gasteiger partial charge in [-0.25, -0.2) is 18.4 Å². The van der Waals surface area contributed by atoms with Crippen molar-refractivity contribution in [2.75, 3.05) is 47.7 Å². The molecular formula is C22H31N5O3S. The lowest BCUT2D eigenvalue weighted by atomic mass is 10.1. The zero-order chi connectivity index (χ0) is 21.3. The van der Waals surface area contributed by atoms with E-state index in [1.54, 1.807) is 12.1 Å². The highest BCUT2D eigenvalue weighted by Crippen LogP contribution is 2.23. The summed E-state index contributed by atoms with van der Waals surface area (Å²) in [4.78, 5) is 25.8. The fourth-order valence-electron chi connectivity index (χ4n) is 4.01. The van der Waals surface area contributed by atoms with Crippen LogP contribution in [0.5, 0.6) is 0 Å². The van der Waals surface area contributed by atoms with Gasteiger partial charge in [0.15, 0.2) is 0 Å². The van der Waals surface area contributed by atoms with Crippen LogP contribution in [0, 0.1) is 6.92 Å². The highest BCUT2D eigenvalue weighted by atomic mass is 32.2. The normalized spacial score (nSPS) is 18.1. The number of hydrogen-bond donors (Lipinski definition) is 0. The second-order valence-electron chi connectivity index (χ2n) is 7.76. The quantitative estimate of drug-likeness (QED) is 0.719. The number of rotatable bonds is 4. The topological polar surface area (TPSA) is 86.7 Å². The summed E-state index contributed by atoms with van der Waals surface area (Å²) in [6, 6.07) is 5.46. The molecule has 1 amide bonds. The summed E-state index contributed by atoms with van der Waals surface area (Å²) in [5.41, 5.74) is 2.86. The Bertz CT molecular complexity index is 1030. The van der Waals surface area contributed by atoms with Gasteiger partial charge in [-0.2, -0.15) is 0 Å². The van der Waals surface area contributed by atoms with Crippen molar-refractivity contribution in [3.8, 4) is 0 Å². The van der Waals surface area contributed by atoms with E-state index in [4.69, 9.17) is 0 Å². The number of hydrogen-bond acceptors (Lipinski definition) is 6. The third kappa shape index (κ3) is 4.66. The van der Waals surface area contributed by atoms with Crippen molar-refractivity contribution in [3.63, 3.8) is 0 Å². The van der Waals surface area contributed by atoms with Crippen LogP contribution in [0.15, 0.2) is 30.6 Å². The molecule has 8 nitrogen and oxygen atoms in total. The van der Waals surface area contributed by atoms with Gasteiger partial charge in [0, 0.05) is 45.1 Å². The molecule has 2 aromatic heterocycles. The number of carbonyl (C=O) groups is 1. The number of nitrogens with zero attached hydrogens (tertiary/aromatic N) is 5. The van der Waals surface area contributed by atoms with E-state index in [-0.39, 0.29) is 19.1 Å². The molecule has 0 radical (unpaired) electrons. The van der Waals surface area contributed by atoms with Gasteiger partial charge in [0.25, 0.3) is 5.91 Å².